The highest BCUT2D eigenvalue weighted by Gasteiger charge is 2.33. The Balaban J connectivity index is 2.18. The minimum absolute atomic E-state index is 0.00188. The maximum Gasteiger partial charge on any atom is 0.166 e. The molecule has 5 heteroatoms. The average Bonchev–Trinajstić information content (AvgIpc) is 2.59. The van der Waals surface area contributed by atoms with Crippen molar-refractivity contribution >= 4 is 31.6 Å². The van der Waals surface area contributed by atoms with Crippen molar-refractivity contribution in [1.29, 1.82) is 0 Å². The fourth-order valence-corrected chi connectivity index (χ4v) is 3.86. The van der Waals surface area contributed by atoms with E-state index in [-0.39, 0.29) is 23.2 Å². The van der Waals surface area contributed by atoms with Crippen molar-refractivity contribution < 1.29 is 13.2 Å². The molecule has 0 aliphatic carbocycles. The quantitative estimate of drug-likeness (QED) is 0.786. The van der Waals surface area contributed by atoms with E-state index in [1.807, 2.05) is 0 Å². The smallest absolute Gasteiger partial charge is 0.166 e. The molecule has 0 N–H and O–H groups in total. The first-order chi connectivity index (χ1) is 7.48. The summed E-state index contributed by atoms with van der Waals surface area (Å²) >= 11 is 3.29. The third-order valence-corrected chi connectivity index (χ3v) is 5.03. The van der Waals surface area contributed by atoms with Crippen LogP contribution >= 0.6 is 15.9 Å². The third kappa shape index (κ3) is 2.52. The lowest BCUT2D eigenvalue weighted by atomic mass is 9.97. The van der Waals surface area contributed by atoms with E-state index in [0.717, 1.165) is 4.47 Å². The molecular formula is C11H11BrO3S. The van der Waals surface area contributed by atoms with Crippen LogP contribution in [0.1, 0.15) is 16.8 Å². The first-order valence-electron chi connectivity index (χ1n) is 4.98. The molecule has 1 aromatic carbocycles. The number of hydrogen-bond donors (Lipinski definition) is 0. The van der Waals surface area contributed by atoms with Crippen LogP contribution in [0.25, 0.3) is 0 Å². The molecular weight excluding hydrogens is 292 g/mol. The summed E-state index contributed by atoms with van der Waals surface area (Å²) in [5.74, 6) is -0.276. The Hall–Kier alpha value is -0.680. The molecule has 3 nitrogen and oxygen atoms in total. The van der Waals surface area contributed by atoms with Gasteiger partial charge in [-0.1, -0.05) is 28.1 Å². The maximum absolute atomic E-state index is 12.0. The summed E-state index contributed by atoms with van der Waals surface area (Å²) in [6.45, 7) is 0. The second-order valence-corrected chi connectivity index (χ2v) is 7.12. The van der Waals surface area contributed by atoms with Gasteiger partial charge in [-0.25, -0.2) is 8.42 Å². The van der Waals surface area contributed by atoms with Crippen LogP contribution in [0, 0.1) is 5.92 Å². The van der Waals surface area contributed by atoms with Gasteiger partial charge in [0, 0.05) is 16.0 Å². The molecule has 0 aromatic heterocycles. The Labute approximate surface area is 103 Å². The normalized spacial score (nSPS) is 23.2. The van der Waals surface area contributed by atoms with Gasteiger partial charge in [-0.3, -0.25) is 4.79 Å². The van der Waals surface area contributed by atoms with E-state index in [4.69, 9.17) is 0 Å². The number of sulfone groups is 1. The van der Waals surface area contributed by atoms with Crippen molar-refractivity contribution in [3.05, 3.63) is 34.3 Å². The summed E-state index contributed by atoms with van der Waals surface area (Å²) in [6.07, 6.45) is 0.456. The molecule has 1 fully saturated rings. The molecule has 0 saturated carbocycles. The number of Topliss-reactive ketones (excluding diaryl/α,β-unsaturated/α-hetero) is 1. The summed E-state index contributed by atoms with van der Waals surface area (Å²) in [5, 5.41) is 0. The molecule has 0 bridgehead atoms. The number of halogens is 1. The molecule has 0 spiro atoms. The Morgan fingerprint density at radius 2 is 1.88 bits per heavy atom. The van der Waals surface area contributed by atoms with Crippen molar-refractivity contribution in [2.75, 3.05) is 11.5 Å². The molecule has 16 heavy (non-hydrogen) atoms. The zero-order valence-corrected chi connectivity index (χ0v) is 10.9. The van der Waals surface area contributed by atoms with E-state index in [1.165, 1.54) is 0 Å². The fraction of sp³-hybridized carbons (Fsp3) is 0.364. The molecule has 1 aromatic rings. The zero-order valence-electron chi connectivity index (χ0n) is 8.52. The number of ketones is 1. The van der Waals surface area contributed by atoms with E-state index in [1.54, 1.807) is 24.3 Å². The third-order valence-electron chi connectivity index (χ3n) is 2.73. The van der Waals surface area contributed by atoms with Gasteiger partial charge < -0.3 is 0 Å². The van der Waals surface area contributed by atoms with E-state index in [2.05, 4.69) is 15.9 Å². The highest BCUT2D eigenvalue weighted by molar-refractivity contribution is 9.10. The minimum atomic E-state index is -2.99. The van der Waals surface area contributed by atoms with Crippen molar-refractivity contribution in [3.63, 3.8) is 0 Å². The lowest BCUT2D eigenvalue weighted by Gasteiger charge is -2.06. The Bertz CT molecular complexity index is 505. The van der Waals surface area contributed by atoms with Gasteiger partial charge in [0.1, 0.15) is 0 Å². The van der Waals surface area contributed by atoms with Gasteiger partial charge >= 0.3 is 0 Å². The zero-order chi connectivity index (χ0) is 11.8. The predicted octanol–water partition coefficient (Wildman–Crippen LogP) is 2.07. The number of rotatable bonds is 2. The van der Waals surface area contributed by atoms with Crippen LogP contribution in [-0.2, 0) is 9.84 Å². The first-order valence-corrected chi connectivity index (χ1v) is 7.59. The molecule has 1 atom stereocenters. The SMILES string of the molecule is O=C(c1ccc(Br)cc1)C1CCS(=O)(=O)C1. The molecule has 1 saturated heterocycles. The van der Waals surface area contributed by atoms with Gasteiger partial charge in [0.15, 0.2) is 15.6 Å². The van der Waals surface area contributed by atoms with Gasteiger partial charge in [-0.15, -0.1) is 0 Å². The van der Waals surface area contributed by atoms with Gasteiger partial charge in [0.05, 0.1) is 11.5 Å². The molecule has 0 amide bonds. The van der Waals surface area contributed by atoms with Crippen LogP contribution in [-0.4, -0.2) is 25.7 Å². The summed E-state index contributed by atoms with van der Waals surface area (Å²) in [6, 6.07) is 7.02. The molecule has 1 unspecified atom stereocenters. The number of carbonyl (C=O) groups excluding carboxylic acids is 1. The molecule has 0 radical (unpaired) electrons. The maximum atomic E-state index is 12.0. The summed E-state index contributed by atoms with van der Waals surface area (Å²) in [5.41, 5.74) is 0.588. The second kappa shape index (κ2) is 4.30. The topological polar surface area (TPSA) is 51.2 Å². The van der Waals surface area contributed by atoms with E-state index < -0.39 is 9.84 Å². The van der Waals surface area contributed by atoms with Gasteiger partial charge in [-0.05, 0) is 18.6 Å². The minimum Gasteiger partial charge on any atom is -0.294 e. The van der Waals surface area contributed by atoms with Crippen molar-refractivity contribution in [2.24, 2.45) is 5.92 Å². The van der Waals surface area contributed by atoms with Crippen LogP contribution in [0.2, 0.25) is 0 Å². The first kappa shape index (κ1) is 11.8. The summed E-state index contributed by atoms with van der Waals surface area (Å²) < 4.78 is 23.4. The van der Waals surface area contributed by atoms with Crippen LogP contribution in [0.4, 0.5) is 0 Å². The van der Waals surface area contributed by atoms with Gasteiger partial charge in [0.25, 0.3) is 0 Å². The predicted molar refractivity (Wildman–Crippen MR) is 65.2 cm³/mol. The van der Waals surface area contributed by atoms with E-state index >= 15 is 0 Å². The number of carbonyl (C=O) groups is 1. The van der Waals surface area contributed by atoms with Gasteiger partial charge in [-0.2, -0.15) is 0 Å². The van der Waals surface area contributed by atoms with Crippen LogP contribution in [0.5, 0.6) is 0 Å². The highest BCUT2D eigenvalue weighted by atomic mass is 79.9. The molecule has 1 heterocycles. The van der Waals surface area contributed by atoms with Crippen LogP contribution in [0.3, 0.4) is 0 Å². The molecule has 86 valence electrons. The average molecular weight is 303 g/mol. The van der Waals surface area contributed by atoms with Crippen molar-refractivity contribution in [2.45, 2.75) is 6.42 Å². The van der Waals surface area contributed by atoms with E-state index in [9.17, 15) is 13.2 Å². The second-order valence-electron chi connectivity index (χ2n) is 3.97. The van der Waals surface area contributed by atoms with Crippen molar-refractivity contribution in [3.8, 4) is 0 Å². The largest absolute Gasteiger partial charge is 0.294 e. The van der Waals surface area contributed by atoms with Gasteiger partial charge in [0.2, 0.25) is 0 Å². The molecule has 1 aliphatic rings. The summed E-state index contributed by atoms with van der Waals surface area (Å²) in [4.78, 5) is 12.0. The van der Waals surface area contributed by atoms with Crippen LogP contribution < -0.4 is 0 Å². The molecule has 1 aliphatic heterocycles. The Kier molecular flexibility index (Phi) is 3.17. The summed E-state index contributed by atoms with van der Waals surface area (Å²) in [7, 11) is -2.99. The highest BCUT2D eigenvalue weighted by Crippen LogP contribution is 2.23. The van der Waals surface area contributed by atoms with Crippen molar-refractivity contribution in [1.82, 2.24) is 0 Å². The fourth-order valence-electron chi connectivity index (χ4n) is 1.85. The monoisotopic (exact) mass is 302 g/mol. The molecule has 2 rings (SSSR count). The number of benzene rings is 1. The Morgan fingerprint density at radius 3 is 2.38 bits per heavy atom. The number of hydrogen-bond acceptors (Lipinski definition) is 3. The Morgan fingerprint density at radius 1 is 1.25 bits per heavy atom. The lowest BCUT2D eigenvalue weighted by Crippen LogP contribution is -2.16. The van der Waals surface area contributed by atoms with E-state index in [0.29, 0.717) is 12.0 Å². The standard InChI is InChI=1S/C11H11BrO3S/c12-10-3-1-8(2-4-10)11(13)9-5-6-16(14,15)7-9/h1-4,9H,5-7H2. The van der Waals surface area contributed by atoms with Crippen LogP contribution in [0.15, 0.2) is 28.7 Å². The lowest BCUT2D eigenvalue weighted by molar-refractivity contribution is 0.0933.